The molecule has 9 nitrogen and oxygen atoms in total. The van der Waals surface area contributed by atoms with Gasteiger partial charge in [0.15, 0.2) is 0 Å². The van der Waals surface area contributed by atoms with Gasteiger partial charge in [-0.15, -0.1) is 0 Å². The van der Waals surface area contributed by atoms with E-state index in [-0.39, 0.29) is 17.5 Å². The third-order valence-electron chi connectivity index (χ3n) is 4.43. The predicted octanol–water partition coefficient (Wildman–Crippen LogP) is 1.27. The van der Waals surface area contributed by atoms with Gasteiger partial charge in [0.2, 0.25) is 10.0 Å². The highest BCUT2D eigenvalue weighted by molar-refractivity contribution is 7.89. The zero-order chi connectivity index (χ0) is 20.7. The molecule has 0 bridgehead atoms. The quantitative estimate of drug-likeness (QED) is 0.354. The van der Waals surface area contributed by atoms with Crippen LogP contribution in [0.2, 0.25) is 0 Å². The number of benzene rings is 1. The summed E-state index contributed by atoms with van der Waals surface area (Å²) < 4.78 is 32.2. The number of rotatable bonds is 7. The molecule has 0 spiro atoms. The summed E-state index contributed by atoms with van der Waals surface area (Å²) in [6.07, 6.45) is 5.09. The van der Waals surface area contributed by atoms with Crippen molar-refractivity contribution in [3.8, 4) is 0 Å². The standard InChI is InChI=1S/C19H22N4O5S/c24-18(22-14-6-4-5-7-14)19(25)23-20-12-15-10-11-16(28-15)13-21-29(26,27)17-8-2-1-3-9-17/h1-3,8-12,14,21H,4-7,13H2,(H,22,24)(H,23,25)/b20-12+. The molecule has 0 atom stereocenters. The topological polar surface area (TPSA) is 130 Å². The van der Waals surface area contributed by atoms with Crippen LogP contribution in [0.4, 0.5) is 0 Å². The van der Waals surface area contributed by atoms with Gasteiger partial charge in [-0.2, -0.15) is 5.10 Å². The second-order valence-corrected chi connectivity index (χ2v) is 8.36. The Hall–Kier alpha value is -2.98. The highest BCUT2D eigenvalue weighted by Crippen LogP contribution is 2.17. The maximum absolute atomic E-state index is 12.2. The largest absolute Gasteiger partial charge is 0.459 e. The van der Waals surface area contributed by atoms with Crippen molar-refractivity contribution in [2.24, 2.45) is 5.10 Å². The number of hydrazone groups is 1. The number of nitrogens with one attached hydrogen (secondary N) is 3. The molecule has 0 unspecified atom stereocenters. The lowest BCUT2D eigenvalue weighted by atomic mass is 10.2. The molecule has 1 heterocycles. The number of carbonyl (C=O) groups is 2. The Morgan fingerprint density at radius 3 is 2.52 bits per heavy atom. The molecular formula is C19H22N4O5S. The summed E-state index contributed by atoms with van der Waals surface area (Å²) in [5.41, 5.74) is 2.14. The van der Waals surface area contributed by atoms with E-state index >= 15 is 0 Å². The normalized spacial score (nSPS) is 14.9. The van der Waals surface area contributed by atoms with Crippen molar-refractivity contribution >= 4 is 28.1 Å². The Kier molecular flexibility index (Phi) is 6.78. The minimum Gasteiger partial charge on any atom is -0.459 e. The molecule has 1 aromatic carbocycles. The molecule has 1 aliphatic rings. The zero-order valence-corrected chi connectivity index (χ0v) is 16.4. The van der Waals surface area contributed by atoms with Crippen molar-refractivity contribution < 1.29 is 22.4 Å². The summed E-state index contributed by atoms with van der Waals surface area (Å²) in [6, 6.07) is 11.2. The lowest BCUT2D eigenvalue weighted by molar-refractivity contribution is -0.139. The first-order valence-corrected chi connectivity index (χ1v) is 10.7. The number of nitrogens with zero attached hydrogens (tertiary/aromatic N) is 1. The van der Waals surface area contributed by atoms with Crippen LogP contribution in [0.1, 0.15) is 37.2 Å². The molecule has 1 aromatic heterocycles. The lowest BCUT2D eigenvalue weighted by Gasteiger charge is -2.09. The molecule has 1 aliphatic carbocycles. The molecule has 1 saturated carbocycles. The number of amides is 2. The van der Waals surface area contributed by atoms with E-state index in [2.05, 4.69) is 20.6 Å². The molecule has 2 amide bonds. The van der Waals surface area contributed by atoms with Crippen LogP contribution in [-0.4, -0.2) is 32.5 Å². The van der Waals surface area contributed by atoms with Crippen LogP contribution in [0, 0.1) is 0 Å². The smallest absolute Gasteiger partial charge is 0.329 e. The number of sulfonamides is 1. The Bertz CT molecular complexity index is 979. The predicted molar refractivity (Wildman–Crippen MR) is 105 cm³/mol. The van der Waals surface area contributed by atoms with Crippen molar-refractivity contribution in [2.45, 2.75) is 43.2 Å². The number of hydrogen-bond donors (Lipinski definition) is 3. The molecule has 0 saturated heterocycles. The fraction of sp³-hybridized carbons (Fsp3) is 0.316. The first-order valence-electron chi connectivity index (χ1n) is 9.21. The van der Waals surface area contributed by atoms with Gasteiger partial charge in [-0.1, -0.05) is 31.0 Å². The highest BCUT2D eigenvalue weighted by Gasteiger charge is 2.21. The van der Waals surface area contributed by atoms with E-state index in [4.69, 9.17) is 4.42 Å². The summed E-state index contributed by atoms with van der Waals surface area (Å²) in [7, 11) is -3.64. The number of furan rings is 1. The first kappa shape index (κ1) is 20.7. The molecule has 0 radical (unpaired) electrons. The molecule has 3 N–H and O–H groups in total. The van der Waals surface area contributed by atoms with Crippen molar-refractivity contribution in [3.05, 3.63) is 54.0 Å². The van der Waals surface area contributed by atoms with Gasteiger partial charge in [0.1, 0.15) is 11.5 Å². The molecule has 29 heavy (non-hydrogen) atoms. The van der Waals surface area contributed by atoms with Gasteiger partial charge in [-0.05, 0) is 37.1 Å². The van der Waals surface area contributed by atoms with E-state index in [1.54, 1.807) is 30.3 Å². The van der Waals surface area contributed by atoms with Crippen LogP contribution in [0.25, 0.3) is 0 Å². The average molecular weight is 418 g/mol. The van der Waals surface area contributed by atoms with E-state index in [9.17, 15) is 18.0 Å². The van der Waals surface area contributed by atoms with Gasteiger partial charge in [0, 0.05) is 6.04 Å². The molecule has 2 aromatic rings. The summed E-state index contributed by atoms with van der Waals surface area (Å²) in [6.45, 7) is -0.0405. The fourth-order valence-electron chi connectivity index (χ4n) is 2.93. The van der Waals surface area contributed by atoms with Gasteiger partial charge in [-0.25, -0.2) is 18.6 Å². The maximum atomic E-state index is 12.2. The van der Waals surface area contributed by atoms with Crippen molar-refractivity contribution in [1.82, 2.24) is 15.5 Å². The van der Waals surface area contributed by atoms with E-state index in [0.717, 1.165) is 25.7 Å². The van der Waals surface area contributed by atoms with E-state index < -0.39 is 21.8 Å². The summed E-state index contributed by atoms with van der Waals surface area (Å²) >= 11 is 0. The van der Waals surface area contributed by atoms with Crippen LogP contribution in [0.5, 0.6) is 0 Å². The van der Waals surface area contributed by atoms with Gasteiger partial charge >= 0.3 is 11.8 Å². The third-order valence-corrected chi connectivity index (χ3v) is 5.84. The molecule has 0 aliphatic heterocycles. The van der Waals surface area contributed by atoms with Crippen LogP contribution in [0.15, 0.2) is 56.9 Å². The Labute approximate surface area is 168 Å². The van der Waals surface area contributed by atoms with E-state index in [1.807, 2.05) is 0 Å². The summed E-state index contributed by atoms with van der Waals surface area (Å²) in [4.78, 5) is 23.6. The van der Waals surface area contributed by atoms with Gasteiger partial charge in [-0.3, -0.25) is 9.59 Å². The average Bonchev–Trinajstić information content (AvgIpc) is 3.39. The monoisotopic (exact) mass is 418 g/mol. The molecule has 3 rings (SSSR count). The van der Waals surface area contributed by atoms with Crippen LogP contribution in [0.3, 0.4) is 0 Å². The third kappa shape index (κ3) is 6.00. The van der Waals surface area contributed by atoms with Crippen molar-refractivity contribution in [3.63, 3.8) is 0 Å². The first-order chi connectivity index (χ1) is 13.9. The lowest BCUT2D eigenvalue weighted by Crippen LogP contribution is -2.42. The number of hydrogen-bond acceptors (Lipinski definition) is 6. The Balaban J connectivity index is 1.47. The highest BCUT2D eigenvalue weighted by atomic mass is 32.2. The van der Waals surface area contributed by atoms with Gasteiger partial charge < -0.3 is 9.73 Å². The minimum absolute atomic E-state index is 0.0405. The number of carbonyl (C=O) groups excluding carboxylic acids is 2. The van der Waals surface area contributed by atoms with Crippen LogP contribution < -0.4 is 15.5 Å². The van der Waals surface area contributed by atoms with Crippen LogP contribution in [-0.2, 0) is 26.2 Å². The van der Waals surface area contributed by atoms with E-state index in [1.165, 1.54) is 18.3 Å². The SMILES string of the molecule is O=C(N/N=C/c1ccc(CNS(=O)(=O)c2ccccc2)o1)C(=O)NC1CCCC1. The fourth-order valence-corrected chi connectivity index (χ4v) is 3.95. The van der Waals surface area contributed by atoms with Gasteiger partial charge in [0.25, 0.3) is 0 Å². The second-order valence-electron chi connectivity index (χ2n) is 6.60. The minimum atomic E-state index is -3.64. The summed E-state index contributed by atoms with van der Waals surface area (Å²) in [5.74, 6) is -0.897. The van der Waals surface area contributed by atoms with Crippen molar-refractivity contribution in [2.75, 3.05) is 0 Å². The molecular weight excluding hydrogens is 396 g/mol. The zero-order valence-electron chi connectivity index (χ0n) is 15.6. The second kappa shape index (κ2) is 9.48. The summed E-state index contributed by atoms with van der Waals surface area (Å²) in [5, 5.41) is 6.35. The molecule has 154 valence electrons. The Morgan fingerprint density at radius 2 is 1.79 bits per heavy atom. The van der Waals surface area contributed by atoms with E-state index in [0.29, 0.717) is 11.5 Å². The van der Waals surface area contributed by atoms with Crippen molar-refractivity contribution in [1.29, 1.82) is 0 Å². The van der Waals surface area contributed by atoms with Gasteiger partial charge in [0.05, 0.1) is 17.7 Å². The maximum Gasteiger partial charge on any atom is 0.329 e. The Morgan fingerprint density at radius 1 is 1.07 bits per heavy atom. The van der Waals surface area contributed by atoms with Crippen LogP contribution >= 0.6 is 0 Å². The molecule has 10 heteroatoms. The molecule has 1 fully saturated rings.